The maximum atomic E-state index is 9.23. The average molecular weight is 130 g/mol. The van der Waals surface area contributed by atoms with Gasteiger partial charge in [0.1, 0.15) is 0 Å². The molecule has 0 amide bonds. The molecule has 2 nitrogen and oxygen atoms in total. The summed E-state index contributed by atoms with van der Waals surface area (Å²) in [6.07, 6.45) is -0.218. The van der Waals surface area contributed by atoms with E-state index >= 15 is 0 Å². The summed E-state index contributed by atoms with van der Waals surface area (Å²) in [5, 5.41) is 9.23. The van der Waals surface area contributed by atoms with Gasteiger partial charge < -0.3 is 9.84 Å². The van der Waals surface area contributed by atoms with Crippen molar-refractivity contribution in [2.75, 3.05) is 13.2 Å². The van der Waals surface area contributed by atoms with Gasteiger partial charge in [-0.25, -0.2) is 0 Å². The van der Waals surface area contributed by atoms with E-state index in [2.05, 4.69) is 13.8 Å². The molecule has 1 aliphatic rings. The molecule has 0 unspecified atom stereocenters. The second kappa shape index (κ2) is 2.67. The summed E-state index contributed by atoms with van der Waals surface area (Å²) in [6, 6.07) is 0. The van der Waals surface area contributed by atoms with E-state index in [4.69, 9.17) is 4.74 Å². The van der Waals surface area contributed by atoms with Gasteiger partial charge in [0.15, 0.2) is 0 Å². The van der Waals surface area contributed by atoms with Crippen molar-refractivity contribution in [2.45, 2.75) is 20.0 Å². The number of aliphatic hydroxyl groups excluding tert-OH is 1. The van der Waals surface area contributed by atoms with Crippen molar-refractivity contribution in [3.63, 3.8) is 0 Å². The van der Waals surface area contributed by atoms with Gasteiger partial charge >= 0.3 is 0 Å². The lowest BCUT2D eigenvalue weighted by Gasteiger charge is -2.15. The predicted molar refractivity (Wildman–Crippen MR) is 35.2 cm³/mol. The van der Waals surface area contributed by atoms with Gasteiger partial charge in [0, 0.05) is 5.92 Å². The maximum Gasteiger partial charge on any atom is 0.0826 e. The van der Waals surface area contributed by atoms with E-state index in [1.165, 1.54) is 0 Å². The highest BCUT2D eigenvalue weighted by Gasteiger charge is 2.28. The highest BCUT2D eigenvalue weighted by Crippen LogP contribution is 2.21. The minimum atomic E-state index is -0.218. The first kappa shape index (κ1) is 7.03. The van der Waals surface area contributed by atoms with Crippen LogP contribution in [0.15, 0.2) is 0 Å². The molecular formula is C7H14O2. The first-order valence-electron chi connectivity index (χ1n) is 3.47. The minimum absolute atomic E-state index is 0.218. The second-order valence-electron chi connectivity index (χ2n) is 3.01. The highest BCUT2D eigenvalue weighted by molar-refractivity contribution is 4.75. The van der Waals surface area contributed by atoms with Crippen LogP contribution in [0.25, 0.3) is 0 Å². The summed E-state index contributed by atoms with van der Waals surface area (Å²) in [4.78, 5) is 0. The first-order chi connectivity index (χ1) is 4.22. The number of hydrogen-bond donors (Lipinski definition) is 1. The standard InChI is InChI=1S/C7H14O2/c1-5(2)6-3-9-4-7(6)8/h5-8H,3-4H2,1-2H3/t6-,7-/m1/s1. The predicted octanol–water partition coefficient (Wildman–Crippen LogP) is 0.650. The molecule has 0 bridgehead atoms. The number of hydrogen-bond acceptors (Lipinski definition) is 2. The first-order valence-corrected chi connectivity index (χ1v) is 3.47. The van der Waals surface area contributed by atoms with Gasteiger partial charge in [-0.05, 0) is 5.92 Å². The molecule has 1 N–H and O–H groups in total. The largest absolute Gasteiger partial charge is 0.390 e. The van der Waals surface area contributed by atoms with Gasteiger partial charge in [0.2, 0.25) is 0 Å². The zero-order chi connectivity index (χ0) is 6.85. The molecule has 1 saturated heterocycles. The van der Waals surface area contributed by atoms with Crippen LogP contribution in [0.5, 0.6) is 0 Å². The van der Waals surface area contributed by atoms with Crippen LogP contribution in [0.3, 0.4) is 0 Å². The van der Waals surface area contributed by atoms with E-state index in [1.807, 2.05) is 0 Å². The van der Waals surface area contributed by atoms with E-state index < -0.39 is 0 Å². The normalized spacial score (nSPS) is 36.0. The summed E-state index contributed by atoms with van der Waals surface area (Å²) in [6.45, 7) is 5.49. The third kappa shape index (κ3) is 1.43. The van der Waals surface area contributed by atoms with Gasteiger partial charge in [-0.3, -0.25) is 0 Å². The molecule has 0 aromatic heterocycles. The molecule has 1 heterocycles. The summed E-state index contributed by atoms with van der Waals surface area (Å²) in [7, 11) is 0. The van der Waals surface area contributed by atoms with Gasteiger partial charge in [0.25, 0.3) is 0 Å². The lowest BCUT2D eigenvalue weighted by atomic mass is 9.93. The number of ether oxygens (including phenoxy) is 1. The molecule has 0 aromatic rings. The Morgan fingerprint density at radius 2 is 2.11 bits per heavy atom. The number of rotatable bonds is 1. The molecule has 2 heteroatoms. The van der Waals surface area contributed by atoms with Crippen LogP contribution < -0.4 is 0 Å². The fourth-order valence-corrected chi connectivity index (χ4v) is 1.20. The van der Waals surface area contributed by atoms with Crippen molar-refractivity contribution >= 4 is 0 Å². The molecule has 9 heavy (non-hydrogen) atoms. The molecule has 0 saturated carbocycles. The Hall–Kier alpha value is -0.0800. The Morgan fingerprint density at radius 1 is 1.44 bits per heavy atom. The summed E-state index contributed by atoms with van der Waals surface area (Å²) in [5.41, 5.74) is 0. The third-order valence-corrected chi connectivity index (χ3v) is 1.95. The molecule has 1 fully saturated rings. The molecule has 1 rings (SSSR count). The lowest BCUT2D eigenvalue weighted by molar-refractivity contribution is 0.109. The van der Waals surface area contributed by atoms with Gasteiger partial charge in [-0.1, -0.05) is 13.8 Å². The van der Waals surface area contributed by atoms with Crippen LogP contribution in [0.4, 0.5) is 0 Å². The molecule has 2 atom stereocenters. The Balaban J connectivity index is 2.40. The SMILES string of the molecule is CC(C)[C@H]1COC[C@H]1O. The average Bonchev–Trinajstić information content (AvgIpc) is 2.13. The van der Waals surface area contributed by atoms with Crippen LogP contribution in [0, 0.1) is 11.8 Å². The van der Waals surface area contributed by atoms with E-state index in [0.717, 1.165) is 6.61 Å². The molecule has 54 valence electrons. The van der Waals surface area contributed by atoms with Gasteiger partial charge in [0.05, 0.1) is 19.3 Å². The Bertz CT molecular complexity index is 90.9. The minimum Gasteiger partial charge on any atom is -0.390 e. The summed E-state index contributed by atoms with van der Waals surface area (Å²) >= 11 is 0. The van der Waals surface area contributed by atoms with E-state index in [9.17, 15) is 5.11 Å². The van der Waals surface area contributed by atoms with Crippen LogP contribution in [-0.2, 0) is 4.74 Å². The molecule has 1 aliphatic heterocycles. The molecule has 0 spiro atoms. The van der Waals surface area contributed by atoms with Crippen LogP contribution in [0.2, 0.25) is 0 Å². The van der Waals surface area contributed by atoms with Gasteiger partial charge in [-0.15, -0.1) is 0 Å². The van der Waals surface area contributed by atoms with Crippen molar-refractivity contribution < 1.29 is 9.84 Å². The van der Waals surface area contributed by atoms with Crippen molar-refractivity contribution in [1.29, 1.82) is 0 Å². The second-order valence-corrected chi connectivity index (χ2v) is 3.01. The van der Waals surface area contributed by atoms with Crippen LogP contribution in [-0.4, -0.2) is 24.4 Å². The smallest absolute Gasteiger partial charge is 0.0826 e. The van der Waals surface area contributed by atoms with E-state index in [1.54, 1.807) is 0 Å². The maximum absolute atomic E-state index is 9.23. The highest BCUT2D eigenvalue weighted by atomic mass is 16.5. The topological polar surface area (TPSA) is 29.5 Å². The third-order valence-electron chi connectivity index (χ3n) is 1.95. The lowest BCUT2D eigenvalue weighted by Crippen LogP contribution is -2.22. The Labute approximate surface area is 55.8 Å². The van der Waals surface area contributed by atoms with Crippen molar-refractivity contribution in [1.82, 2.24) is 0 Å². The summed E-state index contributed by atoms with van der Waals surface area (Å²) in [5.74, 6) is 0.910. The quantitative estimate of drug-likeness (QED) is 0.564. The summed E-state index contributed by atoms with van der Waals surface area (Å²) < 4.78 is 5.08. The fraction of sp³-hybridized carbons (Fsp3) is 1.00. The Morgan fingerprint density at radius 3 is 2.33 bits per heavy atom. The molecule has 0 radical (unpaired) electrons. The van der Waals surface area contributed by atoms with E-state index in [0.29, 0.717) is 18.4 Å². The molecule has 0 aliphatic carbocycles. The van der Waals surface area contributed by atoms with Crippen LogP contribution in [0.1, 0.15) is 13.8 Å². The molecular weight excluding hydrogens is 116 g/mol. The molecule has 0 aromatic carbocycles. The Kier molecular flexibility index (Phi) is 2.09. The fourth-order valence-electron chi connectivity index (χ4n) is 1.20. The van der Waals surface area contributed by atoms with Crippen molar-refractivity contribution in [3.8, 4) is 0 Å². The van der Waals surface area contributed by atoms with Crippen molar-refractivity contribution in [2.24, 2.45) is 11.8 Å². The zero-order valence-electron chi connectivity index (χ0n) is 6.00. The zero-order valence-corrected chi connectivity index (χ0v) is 6.00. The monoisotopic (exact) mass is 130 g/mol. The number of aliphatic hydroxyl groups is 1. The van der Waals surface area contributed by atoms with Crippen molar-refractivity contribution in [3.05, 3.63) is 0 Å². The van der Waals surface area contributed by atoms with Gasteiger partial charge in [-0.2, -0.15) is 0 Å². The van der Waals surface area contributed by atoms with Crippen LogP contribution >= 0.6 is 0 Å². The van der Waals surface area contributed by atoms with E-state index in [-0.39, 0.29) is 6.10 Å².